The van der Waals surface area contributed by atoms with Gasteiger partial charge in [0.15, 0.2) is 0 Å². The zero-order chi connectivity index (χ0) is 23.7. The first-order valence-corrected chi connectivity index (χ1v) is 12.4. The maximum Gasteiger partial charge on any atom is 0.267 e. The van der Waals surface area contributed by atoms with Gasteiger partial charge in [-0.1, -0.05) is 37.0 Å². The van der Waals surface area contributed by atoms with Gasteiger partial charge < -0.3 is 10.0 Å². The third kappa shape index (κ3) is 4.57. The van der Waals surface area contributed by atoms with Crippen LogP contribution in [0.4, 0.5) is 5.82 Å². The number of hydrogen-bond acceptors (Lipinski definition) is 8. The normalized spacial score (nSPS) is 19.8. The van der Waals surface area contributed by atoms with Crippen molar-refractivity contribution in [1.29, 1.82) is 0 Å². The Morgan fingerprint density at radius 1 is 1.27 bits per heavy atom. The number of piperazine rings is 1. The second-order valence-electron chi connectivity index (χ2n) is 8.40. The average molecular weight is 488 g/mol. The quantitative estimate of drug-likeness (QED) is 0.490. The van der Waals surface area contributed by atoms with E-state index in [1.165, 1.54) is 11.8 Å². The predicted octanol–water partition coefficient (Wildman–Crippen LogP) is 2.12. The predicted molar refractivity (Wildman–Crippen MR) is 137 cm³/mol. The number of carbonyl (C=O) groups is 1. The Morgan fingerprint density at radius 3 is 2.67 bits per heavy atom. The number of aliphatic hydroxyl groups is 1. The highest BCUT2D eigenvalue weighted by Crippen LogP contribution is 2.35. The molecule has 4 rings (SSSR count). The standard InChI is InChI=1S/C23H29N5O3S2/c1-4-16(3)28-22(31)18(33-23(28)32)14-17-20(26-10-8-25(9-11-26)12-13-29)24-19-15(2)6-5-7-27(19)21(17)30/h5-7,14,16,29H,4,8-13H2,1-3H3/b18-14-/t16-/m0/s1. The van der Waals surface area contributed by atoms with Crippen LogP contribution in [-0.2, 0) is 4.79 Å². The fourth-order valence-corrected chi connectivity index (χ4v) is 5.61. The van der Waals surface area contributed by atoms with E-state index in [4.69, 9.17) is 17.2 Å². The van der Waals surface area contributed by atoms with E-state index in [9.17, 15) is 14.7 Å². The molecule has 0 radical (unpaired) electrons. The van der Waals surface area contributed by atoms with Gasteiger partial charge in [-0.05, 0) is 38.0 Å². The molecular formula is C23H29N5O3S2. The van der Waals surface area contributed by atoms with Crippen LogP contribution in [-0.4, -0.2) is 79.9 Å². The topological polar surface area (TPSA) is 81.4 Å². The van der Waals surface area contributed by atoms with Crippen LogP contribution < -0.4 is 10.5 Å². The van der Waals surface area contributed by atoms with Crippen LogP contribution in [0, 0.1) is 6.92 Å². The van der Waals surface area contributed by atoms with Crippen molar-refractivity contribution in [2.24, 2.45) is 0 Å². The third-order valence-electron chi connectivity index (χ3n) is 6.28. The molecule has 2 fully saturated rings. The Bertz CT molecular complexity index is 1170. The fraction of sp³-hybridized carbons (Fsp3) is 0.478. The Hall–Kier alpha value is -2.27. The number of aromatic nitrogens is 2. The van der Waals surface area contributed by atoms with Crippen molar-refractivity contribution in [3.8, 4) is 0 Å². The van der Waals surface area contributed by atoms with E-state index in [0.29, 0.717) is 45.9 Å². The van der Waals surface area contributed by atoms with Gasteiger partial charge in [-0.15, -0.1) is 0 Å². The number of aliphatic hydroxyl groups excluding tert-OH is 1. The number of β-amino-alcohol motifs (C(OH)–C–C–N with tert-alkyl or cyclic N) is 1. The number of carbonyl (C=O) groups excluding carboxylic acids is 1. The lowest BCUT2D eigenvalue weighted by molar-refractivity contribution is -0.123. The summed E-state index contributed by atoms with van der Waals surface area (Å²) in [4.78, 5) is 38.0. The molecule has 2 aromatic rings. The summed E-state index contributed by atoms with van der Waals surface area (Å²) < 4.78 is 2.06. The molecule has 4 heterocycles. The van der Waals surface area contributed by atoms with Crippen molar-refractivity contribution in [3.05, 3.63) is 44.7 Å². The zero-order valence-electron chi connectivity index (χ0n) is 19.2. The molecule has 0 aromatic carbocycles. The van der Waals surface area contributed by atoms with Gasteiger partial charge in [-0.25, -0.2) is 4.98 Å². The zero-order valence-corrected chi connectivity index (χ0v) is 20.8. The summed E-state index contributed by atoms with van der Waals surface area (Å²) in [6.45, 7) is 9.58. The minimum Gasteiger partial charge on any atom is -0.395 e. The van der Waals surface area contributed by atoms with Gasteiger partial charge in [-0.2, -0.15) is 0 Å². The van der Waals surface area contributed by atoms with E-state index in [-0.39, 0.29) is 24.1 Å². The smallest absolute Gasteiger partial charge is 0.267 e. The number of amides is 1. The minimum absolute atomic E-state index is 0.000878. The molecular weight excluding hydrogens is 458 g/mol. The van der Waals surface area contributed by atoms with Crippen molar-refractivity contribution in [1.82, 2.24) is 19.2 Å². The molecule has 2 aliphatic rings. The van der Waals surface area contributed by atoms with E-state index in [1.807, 2.05) is 32.9 Å². The highest BCUT2D eigenvalue weighted by atomic mass is 32.2. The van der Waals surface area contributed by atoms with Crippen molar-refractivity contribution >= 4 is 51.7 Å². The van der Waals surface area contributed by atoms with Gasteiger partial charge in [0.25, 0.3) is 11.5 Å². The number of fused-ring (bicyclic) bond motifs is 1. The Labute approximate surface area is 202 Å². The number of thioether (sulfide) groups is 1. The van der Waals surface area contributed by atoms with Gasteiger partial charge in [0.2, 0.25) is 0 Å². The molecule has 0 spiro atoms. The van der Waals surface area contributed by atoms with Gasteiger partial charge in [0, 0.05) is 45.0 Å². The summed E-state index contributed by atoms with van der Waals surface area (Å²) in [5.74, 6) is 0.429. The van der Waals surface area contributed by atoms with Crippen molar-refractivity contribution in [3.63, 3.8) is 0 Å². The maximum absolute atomic E-state index is 13.6. The lowest BCUT2D eigenvalue weighted by atomic mass is 10.2. The lowest BCUT2D eigenvalue weighted by Gasteiger charge is -2.35. The molecule has 176 valence electrons. The Morgan fingerprint density at radius 2 is 2.00 bits per heavy atom. The van der Waals surface area contributed by atoms with Crippen molar-refractivity contribution in [2.75, 3.05) is 44.2 Å². The third-order valence-corrected chi connectivity index (χ3v) is 7.61. The highest BCUT2D eigenvalue weighted by Gasteiger charge is 2.35. The average Bonchev–Trinajstić information content (AvgIpc) is 3.09. The molecule has 1 amide bonds. The molecule has 0 saturated carbocycles. The molecule has 2 saturated heterocycles. The van der Waals surface area contributed by atoms with Crippen LogP contribution in [0.2, 0.25) is 0 Å². The summed E-state index contributed by atoms with van der Waals surface area (Å²) >= 11 is 6.71. The highest BCUT2D eigenvalue weighted by molar-refractivity contribution is 8.26. The summed E-state index contributed by atoms with van der Waals surface area (Å²) in [6, 6.07) is 3.76. The molecule has 0 unspecified atom stereocenters. The van der Waals surface area contributed by atoms with Gasteiger partial charge in [-0.3, -0.25) is 23.8 Å². The first-order chi connectivity index (χ1) is 15.8. The van der Waals surface area contributed by atoms with Crippen LogP contribution in [0.1, 0.15) is 31.4 Å². The molecule has 0 aliphatic carbocycles. The molecule has 1 atom stereocenters. The number of nitrogens with zero attached hydrogens (tertiary/aromatic N) is 5. The first kappa shape index (κ1) is 23.9. The number of aryl methyl sites for hydroxylation is 1. The van der Waals surface area contributed by atoms with Crippen LogP contribution >= 0.6 is 24.0 Å². The lowest BCUT2D eigenvalue weighted by Crippen LogP contribution is -2.48. The van der Waals surface area contributed by atoms with E-state index in [0.717, 1.165) is 25.1 Å². The molecule has 10 heteroatoms. The number of anilines is 1. The van der Waals surface area contributed by atoms with Crippen molar-refractivity contribution in [2.45, 2.75) is 33.2 Å². The second kappa shape index (κ2) is 9.92. The number of hydrogen-bond donors (Lipinski definition) is 1. The fourth-order valence-electron chi connectivity index (χ4n) is 4.17. The van der Waals surface area contributed by atoms with E-state index < -0.39 is 0 Å². The van der Waals surface area contributed by atoms with Gasteiger partial charge in [0.1, 0.15) is 15.8 Å². The van der Waals surface area contributed by atoms with E-state index >= 15 is 0 Å². The number of thiocarbonyl (C=S) groups is 1. The number of rotatable bonds is 6. The largest absolute Gasteiger partial charge is 0.395 e. The van der Waals surface area contributed by atoms with Crippen LogP contribution in [0.15, 0.2) is 28.0 Å². The molecule has 0 bridgehead atoms. The number of pyridine rings is 1. The van der Waals surface area contributed by atoms with E-state index in [2.05, 4.69) is 9.80 Å². The van der Waals surface area contributed by atoms with Crippen LogP contribution in [0.5, 0.6) is 0 Å². The van der Waals surface area contributed by atoms with Gasteiger partial charge >= 0.3 is 0 Å². The Balaban J connectivity index is 1.80. The van der Waals surface area contributed by atoms with Crippen LogP contribution in [0.25, 0.3) is 11.7 Å². The van der Waals surface area contributed by atoms with Crippen LogP contribution in [0.3, 0.4) is 0 Å². The molecule has 2 aromatic heterocycles. The molecule has 1 N–H and O–H groups in total. The van der Waals surface area contributed by atoms with Crippen molar-refractivity contribution < 1.29 is 9.90 Å². The summed E-state index contributed by atoms with van der Waals surface area (Å²) in [5, 5.41) is 9.25. The van der Waals surface area contributed by atoms with E-state index in [1.54, 1.807) is 21.6 Å². The monoisotopic (exact) mass is 487 g/mol. The molecule has 8 nitrogen and oxygen atoms in total. The minimum atomic E-state index is -0.203. The Kier molecular flexibility index (Phi) is 7.18. The second-order valence-corrected chi connectivity index (χ2v) is 10.1. The maximum atomic E-state index is 13.6. The summed E-state index contributed by atoms with van der Waals surface area (Å²) in [5.41, 5.74) is 1.72. The molecule has 2 aliphatic heterocycles. The summed E-state index contributed by atoms with van der Waals surface area (Å²) in [6.07, 6.45) is 4.17. The van der Waals surface area contributed by atoms with Gasteiger partial charge in [0.05, 0.1) is 17.1 Å². The SMILES string of the molecule is CC[C@H](C)N1C(=O)/C(=C/c2c(N3CCN(CCO)CC3)nc3c(C)cccn3c2=O)SC1=S. The first-order valence-electron chi connectivity index (χ1n) is 11.2. The summed E-state index contributed by atoms with van der Waals surface area (Å²) in [7, 11) is 0. The molecule has 33 heavy (non-hydrogen) atoms.